The summed E-state index contributed by atoms with van der Waals surface area (Å²) < 4.78 is 5.21. The van der Waals surface area contributed by atoms with Gasteiger partial charge in [-0.2, -0.15) is 0 Å². The molecule has 1 unspecified atom stereocenters. The van der Waals surface area contributed by atoms with Crippen LogP contribution in [0.2, 0.25) is 5.02 Å². The highest BCUT2D eigenvalue weighted by Gasteiger charge is 2.41. The monoisotopic (exact) mass is 296 g/mol. The minimum absolute atomic E-state index is 0.0818. The second-order valence-corrected chi connectivity index (χ2v) is 5.71. The van der Waals surface area contributed by atoms with Gasteiger partial charge in [-0.15, -0.1) is 0 Å². The number of carbonyl (C=O) groups excluding carboxylic acids is 1. The normalized spacial score (nSPS) is 21.9. The maximum Gasteiger partial charge on any atom is 0.229 e. The summed E-state index contributed by atoms with van der Waals surface area (Å²) in [6.07, 6.45) is 1.63. The number of rotatable bonds is 6. The zero-order valence-electron chi connectivity index (χ0n) is 11.7. The smallest absolute Gasteiger partial charge is 0.229 e. The molecule has 1 aromatic carbocycles. The second kappa shape index (κ2) is 7.07. The van der Waals surface area contributed by atoms with Gasteiger partial charge in [0.15, 0.2) is 0 Å². The van der Waals surface area contributed by atoms with Crippen LogP contribution in [0.3, 0.4) is 0 Å². The Morgan fingerprint density at radius 1 is 1.45 bits per heavy atom. The fourth-order valence-corrected chi connectivity index (χ4v) is 2.69. The SMILES string of the molecule is COCC1(C(=O)NCCc2ccc(Cl)cc2)CCNC1. The molecule has 5 heteroatoms. The predicted molar refractivity (Wildman–Crippen MR) is 80.0 cm³/mol. The van der Waals surface area contributed by atoms with Crippen LogP contribution in [0.25, 0.3) is 0 Å². The largest absolute Gasteiger partial charge is 0.384 e. The van der Waals surface area contributed by atoms with Crippen molar-refractivity contribution in [3.05, 3.63) is 34.9 Å². The molecule has 1 aliphatic heterocycles. The first kappa shape index (κ1) is 15.3. The lowest BCUT2D eigenvalue weighted by molar-refractivity contribution is -0.132. The molecule has 1 amide bonds. The molecule has 1 fully saturated rings. The van der Waals surface area contributed by atoms with Gasteiger partial charge in [0.05, 0.1) is 12.0 Å². The van der Waals surface area contributed by atoms with Crippen molar-refractivity contribution in [1.82, 2.24) is 10.6 Å². The zero-order chi connectivity index (χ0) is 14.4. The summed E-state index contributed by atoms with van der Waals surface area (Å²) in [7, 11) is 1.64. The van der Waals surface area contributed by atoms with Crippen molar-refractivity contribution in [3.8, 4) is 0 Å². The molecule has 1 aromatic rings. The highest BCUT2D eigenvalue weighted by atomic mass is 35.5. The summed E-state index contributed by atoms with van der Waals surface area (Å²) in [5.41, 5.74) is 0.759. The van der Waals surface area contributed by atoms with E-state index in [2.05, 4.69) is 10.6 Å². The van der Waals surface area contributed by atoms with Crippen molar-refractivity contribution in [1.29, 1.82) is 0 Å². The molecular weight excluding hydrogens is 276 g/mol. The molecular formula is C15H21ClN2O2. The molecule has 1 atom stereocenters. The minimum atomic E-state index is -0.408. The van der Waals surface area contributed by atoms with Gasteiger partial charge in [0, 0.05) is 25.2 Å². The number of amides is 1. The third-order valence-electron chi connectivity index (χ3n) is 3.76. The topological polar surface area (TPSA) is 50.4 Å². The van der Waals surface area contributed by atoms with Crippen molar-refractivity contribution in [2.45, 2.75) is 12.8 Å². The van der Waals surface area contributed by atoms with E-state index in [1.807, 2.05) is 24.3 Å². The van der Waals surface area contributed by atoms with E-state index in [9.17, 15) is 4.79 Å². The lowest BCUT2D eigenvalue weighted by atomic mass is 9.87. The molecule has 1 heterocycles. The number of nitrogens with one attached hydrogen (secondary N) is 2. The van der Waals surface area contributed by atoms with Gasteiger partial charge in [0.2, 0.25) is 5.91 Å². The molecule has 0 bridgehead atoms. The number of hydrogen-bond donors (Lipinski definition) is 2. The summed E-state index contributed by atoms with van der Waals surface area (Å²) in [5.74, 6) is 0.0818. The van der Waals surface area contributed by atoms with Crippen LogP contribution in [0.1, 0.15) is 12.0 Å². The Labute approximate surface area is 124 Å². The third-order valence-corrected chi connectivity index (χ3v) is 4.01. The van der Waals surface area contributed by atoms with Gasteiger partial charge in [-0.25, -0.2) is 0 Å². The van der Waals surface area contributed by atoms with Crippen molar-refractivity contribution < 1.29 is 9.53 Å². The van der Waals surface area contributed by atoms with Gasteiger partial charge in [-0.05, 0) is 37.1 Å². The van der Waals surface area contributed by atoms with E-state index in [1.165, 1.54) is 5.56 Å². The van der Waals surface area contributed by atoms with Crippen LogP contribution in [-0.4, -0.2) is 39.3 Å². The Hall–Kier alpha value is -1.10. The van der Waals surface area contributed by atoms with Gasteiger partial charge in [-0.3, -0.25) is 4.79 Å². The highest BCUT2D eigenvalue weighted by Crippen LogP contribution is 2.26. The van der Waals surface area contributed by atoms with Crippen LogP contribution in [0.5, 0.6) is 0 Å². The zero-order valence-corrected chi connectivity index (χ0v) is 12.5. The number of methoxy groups -OCH3 is 1. The fraction of sp³-hybridized carbons (Fsp3) is 0.533. The van der Waals surface area contributed by atoms with E-state index in [1.54, 1.807) is 7.11 Å². The van der Waals surface area contributed by atoms with Crippen molar-refractivity contribution in [2.75, 3.05) is 33.4 Å². The summed E-state index contributed by atoms with van der Waals surface area (Å²) in [6, 6.07) is 7.70. The molecule has 0 spiro atoms. The van der Waals surface area contributed by atoms with Gasteiger partial charge in [0.25, 0.3) is 0 Å². The first-order valence-corrected chi connectivity index (χ1v) is 7.26. The molecule has 0 aliphatic carbocycles. The third kappa shape index (κ3) is 3.72. The average Bonchev–Trinajstić information content (AvgIpc) is 2.91. The highest BCUT2D eigenvalue weighted by molar-refractivity contribution is 6.30. The molecule has 0 saturated carbocycles. The molecule has 0 aromatic heterocycles. The number of halogens is 1. The first-order chi connectivity index (χ1) is 9.66. The van der Waals surface area contributed by atoms with Crippen LogP contribution in [-0.2, 0) is 16.0 Å². The first-order valence-electron chi connectivity index (χ1n) is 6.89. The van der Waals surface area contributed by atoms with Crippen molar-refractivity contribution in [3.63, 3.8) is 0 Å². The van der Waals surface area contributed by atoms with E-state index >= 15 is 0 Å². The number of hydrogen-bond acceptors (Lipinski definition) is 3. The van der Waals surface area contributed by atoms with Crippen LogP contribution in [0, 0.1) is 5.41 Å². The molecule has 1 saturated heterocycles. The van der Waals surface area contributed by atoms with Crippen LogP contribution < -0.4 is 10.6 Å². The number of benzene rings is 1. The predicted octanol–water partition coefficient (Wildman–Crippen LogP) is 1.62. The van der Waals surface area contributed by atoms with E-state index in [0.29, 0.717) is 19.7 Å². The van der Waals surface area contributed by atoms with Crippen molar-refractivity contribution >= 4 is 17.5 Å². The Balaban J connectivity index is 1.83. The molecule has 4 nitrogen and oxygen atoms in total. The Morgan fingerprint density at radius 2 is 2.20 bits per heavy atom. The Bertz CT molecular complexity index is 442. The molecule has 1 aliphatic rings. The maximum absolute atomic E-state index is 12.3. The maximum atomic E-state index is 12.3. The lowest BCUT2D eigenvalue weighted by Crippen LogP contribution is -2.46. The quantitative estimate of drug-likeness (QED) is 0.839. The number of ether oxygens (including phenoxy) is 1. The second-order valence-electron chi connectivity index (χ2n) is 5.27. The summed E-state index contributed by atoms with van der Waals surface area (Å²) in [5, 5.41) is 6.99. The summed E-state index contributed by atoms with van der Waals surface area (Å²) in [6.45, 7) is 2.65. The van der Waals surface area contributed by atoms with Crippen LogP contribution >= 0.6 is 11.6 Å². The lowest BCUT2D eigenvalue weighted by Gasteiger charge is -2.25. The van der Waals surface area contributed by atoms with Crippen LogP contribution in [0.15, 0.2) is 24.3 Å². The molecule has 2 rings (SSSR count). The van der Waals surface area contributed by atoms with Crippen molar-refractivity contribution in [2.24, 2.45) is 5.41 Å². The van der Waals surface area contributed by atoms with Crippen LogP contribution in [0.4, 0.5) is 0 Å². The molecule has 110 valence electrons. The Morgan fingerprint density at radius 3 is 2.80 bits per heavy atom. The standard InChI is InChI=1S/C15H21ClN2O2/c1-20-11-15(7-9-17-10-15)14(19)18-8-6-12-2-4-13(16)5-3-12/h2-5,17H,6-11H2,1H3,(H,18,19). The summed E-state index contributed by atoms with van der Waals surface area (Å²) in [4.78, 5) is 12.3. The van der Waals surface area contributed by atoms with E-state index in [-0.39, 0.29) is 5.91 Å². The Kier molecular flexibility index (Phi) is 5.40. The van der Waals surface area contributed by atoms with Gasteiger partial charge < -0.3 is 15.4 Å². The molecule has 20 heavy (non-hydrogen) atoms. The fourth-order valence-electron chi connectivity index (χ4n) is 2.56. The number of carbonyl (C=O) groups is 1. The van der Waals surface area contributed by atoms with E-state index in [0.717, 1.165) is 24.4 Å². The van der Waals surface area contributed by atoms with E-state index in [4.69, 9.17) is 16.3 Å². The van der Waals surface area contributed by atoms with Gasteiger partial charge in [-0.1, -0.05) is 23.7 Å². The summed E-state index contributed by atoms with van der Waals surface area (Å²) >= 11 is 5.84. The minimum Gasteiger partial charge on any atom is -0.384 e. The average molecular weight is 297 g/mol. The molecule has 0 radical (unpaired) electrons. The van der Waals surface area contributed by atoms with E-state index < -0.39 is 5.41 Å². The van der Waals surface area contributed by atoms with Gasteiger partial charge in [0.1, 0.15) is 0 Å². The van der Waals surface area contributed by atoms with Gasteiger partial charge >= 0.3 is 0 Å². The molecule has 2 N–H and O–H groups in total.